The Morgan fingerprint density at radius 3 is 2.76 bits per heavy atom. The van der Waals surface area contributed by atoms with Crippen LogP contribution in [-0.4, -0.2) is 11.1 Å². The number of hydrogen-bond donors (Lipinski definition) is 1. The number of nitrogens with two attached hydrogens (primary N) is 1. The number of aryl methyl sites for hydroxylation is 2. The van der Waals surface area contributed by atoms with E-state index in [2.05, 4.69) is 0 Å². The number of para-hydroxylation sites is 1. The third-order valence-electron chi connectivity index (χ3n) is 3.14. The van der Waals surface area contributed by atoms with Crippen molar-refractivity contribution in [3.05, 3.63) is 45.5 Å². The molecule has 17 heavy (non-hydrogen) atoms. The van der Waals surface area contributed by atoms with Crippen LogP contribution in [0.15, 0.2) is 23.0 Å². The molecule has 4 heteroatoms. The minimum absolute atomic E-state index is 0.162. The monoisotopic (exact) mass is 234 g/mol. The summed E-state index contributed by atoms with van der Waals surface area (Å²) in [6.45, 7) is 2.26. The number of pyridine rings is 1. The first-order valence-corrected chi connectivity index (χ1v) is 5.54. The van der Waals surface area contributed by atoms with Crippen LogP contribution < -0.4 is 11.3 Å². The van der Waals surface area contributed by atoms with E-state index in [1.165, 1.54) is 10.6 Å². The van der Waals surface area contributed by atoms with Crippen LogP contribution >= 0.6 is 0 Å². The zero-order valence-corrected chi connectivity index (χ0v) is 9.96. The van der Waals surface area contributed by atoms with Gasteiger partial charge in [-0.3, -0.25) is 4.79 Å². The van der Waals surface area contributed by atoms with Gasteiger partial charge >= 0.3 is 0 Å². The molecule has 0 aliphatic carbocycles. The number of nitrogens with zero attached hydrogens (tertiary/aromatic N) is 1. The summed E-state index contributed by atoms with van der Waals surface area (Å²) in [6.07, 6.45) is 0.519. The molecule has 0 aliphatic rings. The van der Waals surface area contributed by atoms with Crippen molar-refractivity contribution >= 4 is 10.9 Å². The Labute approximate surface area is 98.7 Å². The highest BCUT2D eigenvalue weighted by Crippen LogP contribution is 2.21. The van der Waals surface area contributed by atoms with Crippen LogP contribution in [0.4, 0.5) is 4.39 Å². The third kappa shape index (κ3) is 1.74. The van der Waals surface area contributed by atoms with E-state index in [1.807, 2.05) is 13.0 Å². The topological polar surface area (TPSA) is 48.0 Å². The molecule has 1 aromatic heterocycles. The van der Waals surface area contributed by atoms with Gasteiger partial charge in [-0.25, -0.2) is 4.39 Å². The van der Waals surface area contributed by atoms with Crippen molar-refractivity contribution in [3.8, 4) is 0 Å². The Morgan fingerprint density at radius 1 is 1.41 bits per heavy atom. The van der Waals surface area contributed by atoms with Crippen molar-refractivity contribution in [1.29, 1.82) is 0 Å². The van der Waals surface area contributed by atoms with E-state index < -0.39 is 0 Å². The van der Waals surface area contributed by atoms with Crippen molar-refractivity contribution in [1.82, 2.24) is 4.57 Å². The first kappa shape index (κ1) is 11.8. The van der Waals surface area contributed by atoms with Crippen molar-refractivity contribution in [2.45, 2.75) is 13.3 Å². The molecule has 2 rings (SSSR count). The Bertz CT molecular complexity index is 631. The van der Waals surface area contributed by atoms with Gasteiger partial charge in [-0.15, -0.1) is 0 Å². The fourth-order valence-corrected chi connectivity index (χ4v) is 2.22. The van der Waals surface area contributed by atoms with Crippen molar-refractivity contribution in [3.63, 3.8) is 0 Å². The standard InChI is InChI=1S/C13H15FN2O/c1-8-9-4-3-5-11(14)12(9)16(2)13(17)10(8)6-7-15/h3-5H,6-7,15H2,1-2H3. The molecule has 2 aromatic rings. The van der Waals surface area contributed by atoms with E-state index in [-0.39, 0.29) is 11.4 Å². The minimum atomic E-state index is -0.371. The Morgan fingerprint density at radius 2 is 2.12 bits per heavy atom. The molecule has 0 unspecified atom stereocenters. The number of hydrogen-bond acceptors (Lipinski definition) is 2. The number of fused-ring (bicyclic) bond motifs is 1. The molecule has 0 fully saturated rings. The van der Waals surface area contributed by atoms with Gasteiger partial charge in [0.05, 0.1) is 5.52 Å². The zero-order chi connectivity index (χ0) is 12.6. The number of halogens is 1. The molecule has 0 atom stereocenters. The van der Waals surface area contributed by atoms with E-state index in [4.69, 9.17) is 5.73 Å². The van der Waals surface area contributed by atoms with Gasteiger partial charge < -0.3 is 10.3 Å². The van der Waals surface area contributed by atoms with Crippen LogP contribution in [0.5, 0.6) is 0 Å². The molecular weight excluding hydrogens is 219 g/mol. The van der Waals surface area contributed by atoms with Gasteiger partial charge in [0.1, 0.15) is 5.82 Å². The lowest BCUT2D eigenvalue weighted by Gasteiger charge is -2.12. The molecule has 1 aromatic carbocycles. The molecule has 1 heterocycles. The van der Waals surface area contributed by atoms with Gasteiger partial charge in [-0.05, 0) is 31.5 Å². The predicted molar refractivity (Wildman–Crippen MR) is 66.6 cm³/mol. The van der Waals surface area contributed by atoms with Gasteiger partial charge in [0.15, 0.2) is 0 Å². The van der Waals surface area contributed by atoms with Crippen LogP contribution in [0.25, 0.3) is 10.9 Å². The van der Waals surface area contributed by atoms with E-state index >= 15 is 0 Å². The number of benzene rings is 1. The quantitative estimate of drug-likeness (QED) is 0.855. The Kier molecular flexibility index (Phi) is 2.98. The third-order valence-corrected chi connectivity index (χ3v) is 3.14. The number of aromatic nitrogens is 1. The summed E-state index contributed by atoms with van der Waals surface area (Å²) in [5.74, 6) is -0.371. The summed E-state index contributed by atoms with van der Waals surface area (Å²) >= 11 is 0. The minimum Gasteiger partial charge on any atom is -0.330 e. The maximum atomic E-state index is 13.7. The lowest BCUT2D eigenvalue weighted by Crippen LogP contribution is -2.25. The fourth-order valence-electron chi connectivity index (χ4n) is 2.22. The summed E-state index contributed by atoms with van der Waals surface area (Å²) < 4.78 is 15.1. The van der Waals surface area contributed by atoms with Gasteiger partial charge in [-0.1, -0.05) is 12.1 Å². The van der Waals surface area contributed by atoms with Crippen LogP contribution in [0.2, 0.25) is 0 Å². The SMILES string of the molecule is Cc1c(CCN)c(=O)n(C)c2c(F)cccc12. The lowest BCUT2D eigenvalue weighted by atomic mass is 10.0. The average molecular weight is 234 g/mol. The van der Waals surface area contributed by atoms with Crippen molar-refractivity contribution < 1.29 is 4.39 Å². The zero-order valence-electron chi connectivity index (χ0n) is 9.96. The Hall–Kier alpha value is -1.68. The van der Waals surface area contributed by atoms with Gasteiger partial charge in [0.25, 0.3) is 5.56 Å². The van der Waals surface area contributed by atoms with E-state index in [9.17, 15) is 9.18 Å². The van der Waals surface area contributed by atoms with Crippen LogP contribution in [0, 0.1) is 12.7 Å². The second kappa shape index (κ2) is 4.30. The fraction of sp³-hybridized carbons (Fsp3) is 0.308. The summed E-state index contributed by atoms with van der Waals surface area (Å²) in [7, 11) is 1.59. The first-order valence-electron chi connectivity index (χ1n) is 5.54. The molecule has 2 N–H and O–H groups in total. The summed E-state index contributed by atoms with van der Waals surface area (Å²) in [4.78, 5) is 12.1. The highest BCUT2D eigenvalue weighted by molar-refractivity contribution is 5.83. The highest BCUT2D eigenvalue weighted by Gasteiger charge is 2.13. The van der Waals surface area contributed by atoms with Crippen LogP contribution in [0.1, 0.15) is 11.1 Å². The molecule has 0 radical (unpaired) electrons. The first-order chi connectivity index (χ1) is 8.07. The molecule has 0 spiro atoms. The predicted octanol–water partition coefficient (Wildman–Crippen LogP) is 1.49. The molecule has 0 bridgehead atoms. The van der Waals surface area contributed by atoms with E-state index in [1.54, 1.807) is 13.1 Å². The van der Waals surface area contributed by atoms with Crippen molar-refractivity contribution in [2.75, 3.05) is 6.54 Å². The second-order valence-electron chi connectivity index (χ2n) is 4.14. The summed E-state index contributed by atoms with van der Waals surface area (Å²) in [5, 5.41) is 0.774. The molecule has 0 saturated heterocycles. The second-order valence-corrected chi connectivity index (χ2v) is 4.14. The smallest absolute Gasteiger partial charge is 0.254 e. The summed E-state index contributed by atoms with van der Waals surface area (Å²) in [5.41, 5.74) is 7.20. The van der Waals surface area contributed by atoms with E-state index in [0.717, 1.165) is 10.9 Å². The van der Waals surface area contributed by atoms with E-state index in [0.29, 0.717) is 24.0 Å². The molecule has 0 amide bonds. The normalized spacial score (nSPS) is 11.1. The highest BCUT2D eigenvalue weighted by atomic mass is 19.1. The molecule has 0 saturated carbocycles. The maximum Gasteiger partial charge on any atom is 0.254 e. The lowest BCUT2D eigenvalue weighted by molar-refractivity contribution is 0.628. The molecule has 90 valence electrons. The molecule has 3 nitrogen and oxygen atoms in total. The molecular formula is C13H15FN2O. The largest absolute Gasteiger partial charge is 0.330 e. The maximum absolute atomic E-state index is 13.7. The van der Waals surface area contributed by atoms with Crippen LogP contribution in [0.3, 0.4) is 0 Å². The average Bonchev–Trinajstić information content (AvgIpc) is 2.31. The van der Waals surface area contributed by atoms with Gasteiger partial charge in [0.2, 0.25) is 0 Å². The van der Waals surface area contributed by atoms with Gasteiger partial charge in [-0.2, -0.15) is 0 Å². The number of rotatable bonds is 2. The summed E-state index contributed by atoms with van der Waals surface area (Å²) in [6, 6.07) is 4.85. The Balaban J connectivity index is 2.95. The van der Waals surface area contributed by atoms with Crippen LogP contribution in [-0.2, 0) is 13.5 Å². The van der Waals surface area contributed by atoms with Gasteiger partial charge in [0, 0.05) is 18.0 Å². The molecule has 0 aliphatic heterocycles. The van der Waals surface area contributed by atoms with Crippen molar-refractivity contribution in [2.24, 2.45) is 12.8 Å².